The average molecular weight is 278 g/mol. The molecule has 1 N–H and O–H groups in total. The van der Waals surface area contributed by atoms with Gasteiger partial charge in [-0.25, -0.2) is 0 Å². The third-order valence-corrected chi connectivity index (χ3v) is 3.97. The van der Waals surface area contributed by atoms with E-state index in [-0.39, 0.29) is 11.8 Å². The number of fused-ring (bicyclic) bond motifs is 1. The maximum atomic E-state index is 12.3. The highest BCUT2D eigenvalue weighted by atomic mass is 32.2. The molecule has 19 heavy (non-hydrogen) atoms. The number of rotatable bonds is 4. The Hall–Kier alpha value is -1.49. The van der Waals surface area contributed by atoms with Gasteiger partial charge in [0.25, 0.3) is 5.91 Å². The number of para-hydroxylation sites is 1. The van der Waals surface area contributed by atoms with Crippen molar-refractivity contribution in [3.05, 3.63) is 29.8 Å². The van der Waals surface area contributed by atoms with E-state index in [4.69, 9.17) is 0 Å². The monoisotopic (exact) mass is 278 g/mol. The molecular weight excluding hydrogens is 260 g/mol. The van der Waals surface area contributed by atoms with Crippen LogP contribution in [0.5, 0.6) is 0 Å². The van der Waals surface area contributed by atoms with Gasteiger partial charge in [0, 0.05) is 12.3 Å². The topological polar surface area (TPSA) is 49.4 Å². The first kappa shape index (κ1) is 13.9. The molecule has 1 aliphatic rings. The van der Waals surface area contributed by atoms with Crippen molar-refractivity contribution in [3.8, 4) is 0 Å². The number of carbonyl (C=O) groups excluding carboxylic acids is 2. The van der Waals surface area contributed by atoms with E-state index in [1.165, 1.54) is 0 Å². The van der Waals surface area contributed by atoms with Crippen LogP contribution in [0.3, 0.4) is 0 Å². The first-order chi connectivity index (χ1) is 9.15. The summed E-state index contributed by atoms with van der Waals surface area (Å²) < 4.78 is 0. The highest BCUT2D eigenvalue weighted by Crippen LogP contribution is 2.24. The number of hydrogen-bond acceptors (Lipinski definition) is 3. The van der Waals surface area contributed by atoms with Crippen LogP contribution in [-0.4, -0.2) is 35.9 Å². The van der Waals surface area contributed by atoms with Gasteiger partial charge in [0.15, 0.2) is 0 Å². The summed E-state index contributed by atoms with van der Waals surface area (Å²) in [5.41, 5.74) is 1.28. The zero-order chi connectivity index (χ0) is 13.8. The molecule has 1 aromatic rings. The van der Waals surface area contributed by atoms with Gasteiger partial charge in [-0.05, 0) is 24.8 Å². The summed E-state index contributed by atoms with van der Waals surface area (Å²) >= 11 is 1.79. The fourth-order valence-electron chi connectivity index (χ4n) is 2.12. The molecular formula is C14H18N2O2S. The molecule has 1 heterocycles. The van der Waals surface area contributed by atoms with E-state index in [9.17, 15) is 9.59 Å². The number of anilines is 1. The lowest BCUT2D eigenvalue weighted by Gasteiger charge is -2.23. The van der Waals surface area contributed by atoms with Crippen LogP contribution in [0.4, 0.5) is 5.69 Å². The Bertz CT molecular complexity index is 490. The van der Waals surface area contributed by atoms with Crippen LogP contribution in [0.15, 0.2) is 24.3 Å². The van der Waals surface area contributed by atoms with E-state index in [2.05, 4.69) is 12.2 Å². The first-order valence-corrected chi connectivity index (χ1v) is 7.59. The predicted molar refractivity (Wildman–Crippen MR) is 78.7 cm³/mol. The highest BCUT2D eigenvalue weighted by Gasteiger charge is 2.30. The lowest BCUT2D eigenvalue weighted by Crippen LogP contribution is -2.44. The van der Waals surface area contributed by atoms with Crippen molar-refractivity contribution in [1.82, 2.24) is 5.32 Å². The van der Waals surface area contributed by atoms with Gasteiger partial charge in [-0.3, -0.25) is 9.59 Å². The number of nitrogens with one attached hydrogen (secondary N) is 1. The van der Waals surface area contributed by atoms with Crippen LogP contribution >= 0.6 is 11.8 Å². The molecule has 2 rings (SSSR count). The number of hydrogen-bond donors (Lipinski definition) is 1. The predicted octanol–water partition coefficient (Wildman–Crippen LogP) is 1.90. The van der Waals surface area contributed by atoms with Crippen molar-refractivity contribution < 1.29 is 9.59 Å². The van der Waals surface area contributed by atoms with Gasteiger partial charge >= 0.3 is 0 Å². The van der Waals surface area contributed by atoms with Gasteiger partial charge in [-0.1, -0.05) is 19.1 Å². The van der Waals surface area contributed by atoms with Crippen LogP contribution in [0.1, 0.15) is 24.2 Å². The number of carbonyl (C=O) groups is 2. The summed E-state index contributed by atoms with van der Waals surface area (Å²) in [4.78, 5) is 26.1. The highest BCUT2D eigenvalue weighted by molar-refractivity contribution is 7.99. The molecule has 2 amide bonds. The summed E-state index contributed by atoms with van der Waals surface area (Å²) in [6.07, 6.45) is 0. The van der Waals surface area contributed by atoms with E-state index >= 15 is 0 Å². The van der Waals surface area contributed by atoms with Crippen molar-refractivity contribution in [3.63, 3.8) is 0 Å². The van der Waals surface area contributed by atoms with Crippen LogP contribution in [0, 0.1) is 0 Å². The smallest absolute Gasteiger partial charge is 0.254 e. The minimum Gasteiger partial charge on any atom is -0.340 e. The normalized spacial score (nSPS) is 18.8. The number of nitrogens with zero attached hydrogens (tertiary/aromatic N) is 1. The third-order valence-electron chi connectivity index (χ3n) is 3.09. The summed E-state index contributed by atoms with van der Waals surface area (Å²) in [7, 11) is 0. The molecule has 0 aliphatic carbocycles. The van der Waals surface area contributed by atoms with Crippen molar-refractivity contribution in [2.45, 2.75) is 19.9 Å². The molecule has 0 aromatic heterocycles. The number of thioether (sulfide) groups is 1. The summed E-state index contributed by atoms with van der Waals surface area (Å²) in [6.45, 7) is 4.45. The number of amides is 2. The maximum absolute atomic E-state index is 12.3. The third kappa shape index (κ3) is 2.92. The minimum absolute atomic E-state index is 0.0463. The molecule has 1 aliphatic heterocycles. The SMILES string of the molecule is CCSCCN1C(=O)C(C)NC(=O)c2ccccc21. The van der Waals surface area contributed by atoms with Gasteiger partial charge in [0.2, 0.25) is 5.91 Å². The molecule has 1 unspecified atom stereocenters. The molecule has 0 saturated carbocycles. The van der Waals surface area contributed by atoms with Crippen LogP contribution in [-0.2, 0) is 4.79 Å². The summed E-state index contributed by atoms with van der Waals surface area (Å²) in [5.74, 6) is 1.67. The Morgan fingerprint density at radius 2 is 2.05 bits per heavy atom. The Kier molecular flexibility index (Phi) is 4.47. The van der Waals surface area contributed by atoms with Gasteiger partial charge in [-0.15, -0.1) is 0 Å². The van der Waals surface area contributed by atoms with E-state index in [1.807, 2.05) is 18.2 Å². The second-order valence-electron chi connectivity index (χ2n) is 4.40. The van der Waals surface area contributed by atoms with E-state index < -0.39 is 6.04 Å². The Morgan fingerprint density at radius 3 is 2.79 bits per heavy atom. The molecule has 1 aromatic carbocycles. The van der Waals surface area contributed by atoms with Gasteiger partial charge in [-0.2, -0.15) is 11.8 Å². The lowest BCUT2D eigenvalue weighted by molar-refractivity contribution is -0.119. The van der Waals surface area contributed by atoms with Crippen molar-refractivity contribution in [2.24, 2.45) is 0 Å². The Labute approximate surface area is 117 Å². The van der Waals surface area contributed by atoms with Gasteiger partial charge < -0.3 is 10.2 Å². The molecule has 0 bridgehead atoms. The second kappa shape index (κ2) is 6.10. The molecule has 0 fully saturated rings. The molecule has 1 atom stereocenters. The maximum Gasteiger partial charge on any atom is 0.254 e. The largest absolute Gasteiger partial charge is 0.340 e. The number of benzene rings is 1. The van der Waals surface area contributed by atoms with E-state index in [1.54, 1.807) is 29.7 Å². The van der Waals surface area contributed by atoms with E-state index in [0.29, 0.717) is 17.8 Å². The Morgan fingerprint density at radius 1 is 1.32 bits per heavy atom. The van der Waals surface area contributed by atoms with Crippen LogP contribution in [0.25, 0.3) is 0 Å². The summed E-state index contributed by atoms with van der Waals surface area (Å²) in [5, 5.41) is 2.73. The average Bonchev–Trinajstić information content (AvgIpc) is 2.50. The minimum atomic E-state index is -0.480. The van der Waals surface area contributed by atoms with Crippen LogP contribution in [0.2, 0.25) is 0 Å². The molecule has 0 spiro atoms. The second-order valence-corrected chi connectivity index (χ2v) is 5.79. The summed E-state index contributed by atoms with van der Waals surface area (Å²) in [6, 6.07) is 6.79. The van der Waals surface area contributed by atoms with E-state index in [0.717, 1.165) is 11.5 Å². The van der Waals surface area contributed by atoms with Crippen molar-refractivity contribution in [2.75, 3.05) is 23.0 Å². The molecule has 0 radical (unpaired) electrons. The van der Waals surface area contributed by atoms with Gasteiger partial charge in [0.1, 0.15) is 6.04 Å². The lowest BCUT2D eigenvalue weighted by atomic mass is 10.1. The molecule has 4 nitrogen and oxygen atoms in total. The zero-order valence-electron chi connectivity index (χ0n) is 11.2. The fourth-order valence-corrected chi connectivity index (χ4v) is 2.72. The molecule has 5 heteroatoms. The quantitative estimate of drug-likeness (QED) is 0.856. The van der Waals surface area contributed by atoms with Gasteiger partial charge in [0.05, 0.1) is 11.3 Å². The first-order valence-electron chi connectivity index (χ1n) is 6.44. The molecule has 102 valence electrons. The van der Waals surface area contributed by atoms with Crippen molar-refractivity contribution >= 4 is 29.3 Å². The molecule has 0 saturated heterocycles. The van der Waals surface area contributed by atoms with Crippen molar-refractivity contribution in [1.29, 1.82) is 0 Å². The standard InChI is InChI=1S/C14H18N2O2S/c1-3-19-9-8-16-12-7-5-4-6-11(12)13(17)15-10(2)14(16)18/h4-7,10H,3,8-9H2,1-2H3,(H,15,17). The fraction of sp³-hybridized carbons (Fsp3) is 0.429. The zero-order valence-corrected chi connectivity index (χ0v) is 12.0. The Balaban J connectivity index is 2.34. The van der Waals surface area contributed by atoms with Crippen LogP contribution < -0.4 is 10.2 Å².